The molecule has 0 atom stereocenters. The third-order valence-corrected chi connectivity index (χ3v) is 7.17. The molecule has 0 bridgehead atoms. The normalized spacial score (nSPS) is 11.3. The van der Waals surface area contributed by atoms with Crippen molar-refractivity contribution in [2.45, 2.75) is 11.4 Å². The quantitative estimate of drug-likeness (QED) is 0.446. The molecule has 0 aliphatic carbocycles. The second kappa shape index (κ2) is 10.9. The molecule has 0 saturated heterocycles. The third kappa shape index (κ3) is 6.17. The highest BCUT2D eigenvalue weighted by Gasteiger charge is 2.27. The summed E-state index contributed by atoms with van der Waals surface area (Å²) in [6, 6.07) is 17.5. The Morgan fingerprint density at radius 2 is 1.61 bits per heavy atom. The molecule has 0 fully saturated rings. The molecule has 10 heteroatoms. The smallest absolute Gasteiger partial charge is 0.243 e. The zero-order chi connectivity index (χ0) is 24.0. The van der Waals surface area contributed by atoms with Crippen LogP contribution in [-0.4, -0.2) is 39.4 Å². The number of amides is 1. The Hall–Kier alpha value is -2.78. The van der Waals surface area contributed by atoms with Gasteiger partial charge < -0.3 is 14.8 Å². The molecule has 1 N–H and O–H groups in total. The summed E-state index contributed by atoms with van der Waals surface area (Å²) in [5, 5.41) is 3.49. The van der Waals surface area contributed by atoms with Crippen LogP contribution in [-0.2, 0) is 21.4 Å². The lowest BCUT2D eigenvalue weighted by atomic mass is 10.2. The van der Waals surface area contributed by atoms with E-state index in [-0.39, 0.29) is 11.4 Å². The van der Waals surface area contributed by atoms with Crippen LogP contribution in [0.4, 0.5) is 5.69 Å². The van der Waals surface area contributed by atoms with Crippen molar-refractivity contribution in [2.75, 3.05) is 26.1 Å². The van der Waals surface area contributed by atoms with Crippen LogP contribution in [0.15, 0.2) is 71.6 Å². The number of anilines is 1. The topological polar surface area (TPSA) is 84.9 Å². The number of carbonyl (C=O) groups is 1. The summed E-state index contributed by atoms with van der Waals surface area (Å²) in [7, 11) is -1.05. The number of hydrogen-bond donors (Lipinski definition) is 1. The molecule has 0 saturated carbocycles. The molecule has 174 valence electrons. The molecule has 0 aromatic heterocycles. The standard InChI is InChI=1S/C23H22Cl2N2O5S/c1-31-21-12-9-18(13-22(21)32-2)26-23(28)15-27(14-16-5-3-4-6-20(16)25)33(29,30)19-10-7-17(24)8-11-19/h3-13H,14-15H2,1-2H3,(H,26,28). The van der Waals surface area contributed by atoms with Gasteiger partial charge in [-0.1, -0.05) is 41.4 Å². The first kappa shape index (κ1) is 24.9. The largest absolute Gasteiger partial charge is 0.493 e. The van der Waals surface area contributed by atoms with Gasteiger partial charge in [0.1, 0.15) is 0 Å². The van der Waals surface area contributed by atoms with Gasteiger partial charge in [0.25, 0.3) is 0 Å². The summed E-state index contributed by atoms with van der Waals surface area (Å²) in [5.74, 6) is 0.394. The van der Waals surface area contributed by atoms with Crippen LogP contribution in [0.1, 0.15) is 5.56 Å². The number of hydrogen-bond acceptors (Lipinski definition) is 5. The van der Waals surface area contributed by atoms with E-state index < -0.39 is 22.5 Å². The molecule has 33 heavy (non-hydrogen) atoms. The molecule has 0 aliphatic heterocycles. The van der Waals surface area contributed by atoms with Crippen LogP contribution in [0.3, 0.4) is 0 Å². The highest BCUT2D eigenvalue weighted by Crippen LogP contribution is 2.30. The van der Waals surface area contributed by atoms with Gasteiger partial charge in [0.15, 0.2) is 11.5 Å². The number of halogens is 2. The van der Waals surface area contributed by atoms with Crippen molar-refractivity contribution in [3.8, 4) is 11.5 Å². The van der Waals surface area contributed by atoms with Gasteiger partial charge in [-0.3, -0.25) is 4.79 Å². The minimum absolute atomic E-state index is 0.0119. The summed E-state index contributed by atoms with van der Waals surface area (Å²) >= 11 is 12.2. The SMILES string of the molecule is COc1ccc(NC(=O)CN(Cc2ccccc2Cl)S(=O)(=O)c2ccc(Cl)cc2)cc1OC. The average Bonchev–Trinajstić information content (AvgIpc) is 2.80. The van der Waals surface area contributed by atoms with Crippen LogP contribution in [0, 0.1) is 0 Å². The van der Waals surface area contributed by atoms with E-state index in [4.69, 9.17) is 32.7 Å². The van der Waals surface area contributed by atoms with E-state index in [0.717, 1.165) is 4.31 Å². The van der Waals surface area contributed by atoms with Crippen molar-refractivity contribution in [1.82, 2.24) is 4.31 Å². The second-order valence-electron chi connectivity index (χ2n) is 6.94. The molecule has 1 amide bonds. The van der Waals surface area contributed by atoms with Gasteiger partial charge >= 0.3 is 0 Å². The Morgan fingerprint density at radius 3 is 2.24 bits per heavy atom. The number of carbonyl (C=O) groups excluding carboxylic acids is 1. The second-order valence-corrected chi connectivity index (χ2v) is 9.72. The number of ether oxygens (including phenoxy) is 2. The highest BCUT2D eigenvalue weighted by atomic mass is 35.5. The summed E-state index contributed by atoms with van der Waals surface area (Å²) in [5.41, 5.74) is 0.995. The van der Waals surface area contributed by atoms with Gasteiger partial charge in [0.05, 0.1) is 25.7 Å². The lowest BCUT2D eigenvalue weighted by Gasteiger charge is -2.22. The number of sulfonamides is 1. The Morgan fingerprint density at radius 1 is 0.939 bits per heavy atom. The number of nitrogens with one attached hydrogen (secondary N) is 1. The molecule has 3 rings (SSSR count). The molecule has 7 nitrogen and oxygen atoms in total. The summed E-state index contributed by atoms with van der Waals surface area (Å²) in [6.07, 6.45) is 0. The lowest BCUT2D eigenvalue weighted by Crippen LogP contribution is -2.37. The number of methoxy groups -OCH3 is 2. The molecule has 3 aromatic carbocycles. The van der Waals surface area contributed by atoms with Crippen LogP contribution >= 0.6 is 23.2 Å². The molecule has 0 spiro atoms. The van der Waals surface area contributed by atoms with Crippen LogP contribution in [0.2, 0.25) is 10.0 Å². The molecular formula is C23H22Cl2N2O5S. The maximum absolute atomic E-state index is 13.4. The molecule has 0 aliphatic rings. The van der Waals surface area contributed by atoms with Gasteiger partial charge in [-0.05, 0) is 48.0 Å². The first-order chi connectivity index (χ1) is 15.7. The van der Waals surface area contributed by atoms with Crippen molar-refractivity contribution in [1.29, 1.82) is 0 Å². The Balaban J connectivity index is 1.88. The predicted octanol–water partition coefficient (Wildman–Crippen LogP) is 4.84. The van der Waals surface area contributed by atoms with Gasteiger partial charge in [-0.25, -0.2) is 8.42 Å². The fourth-order valence-corrected chi connectivity index (χ4v) is 4.77. The van der Waals surface area contributed by atoms with Crippen molar-refractivity contribution < 1.29 is 22.7 Å². The van der Waals surface area contributed by atoms with E-state index in [1.165, 1.54) is 38.5 Å². The highest BCUT2D eigenvalue weighted by molar-refractivity contribution is 7.89. The van der Waals surface area contributed by atoms with Crippen molar-refractivity contribution in [2.24, 2.45) is 0 Å². The van der Waals surface area contributed by atoms with Crippen molar-refractivity contribution in [3.63, 3.8) is 0 Å². The van der Waals surface area contributed by atoms with Gasteiger partial charge in [-0.2, -0.15) is 4.31 Å². The van der Waals surface area contributed by atoms with Crippen molar-refractivity contribution >= 4 is 44.8 Å². The summed E-state index contributed by atoms with van der Waals surface area (Å²) in [6.45, 7) is -0.533. The Kier molecular flexibility index (Phi) is 8.20. The van der Waals surface area contributed by atoms with E-state index in [1.807, 2.05) is 0 Å². The monoisotopic (exact) mass is 508 g/mol. The number of benzene rings is 3. The minimum Gasteiger partial charge on any atom is -0.493 e. The van der Waals surface area contributed by atoms with Gasteiger partial charge in [0, 0.05) is 28.3 Å². The van der Waals surface area contributed by atoms with Gasteiger partial charge in [-0.15, -0.1) is 0 Å². The first-order valence-electron chi connectivity index (χ1n) is 9.75. The average molecular weight is 509 g/mol. The summed E-state index contributed by atoms with van der Waals surface area (Å²) < 4.78 is 38.2. The zero-order valence-electron chi connectivity index (χ0n) is 17.9. The fraction of sp³-hybridized carbons (Fsp3) is 0.174. The molecule has 0 heterocycles. The predicted molar refractivity (Wildman–Crippen MR) is 129 cm³/mol. The van der Waals surface area contributed by atoms with E-state index in [2.05, 4.69) is 5.32 Å². The molecular weight excluding hydrogens is 487 g/mol. The Labute approximate surface area is 202 Å². The fourth-order valence-electron chi connectivity index (χ4n) is 3.07. The van der Waals surface area contributed by atoms with E-state index in [1.54, 1.807) is 42.5 Å². The van der Waals surface area contributed by atoms with Crippen LogP contribution in [0.5, 0.6) is 11.5 Å². The van der Waals surface area contributed by atoms with Gasteiger partial charge in [0.2, 0.25) is 15.9 Å². The zero-order valence-corrected chi connectivity index (χ0v) is 20.2. The van der Waals surface area contributed by atoms with Crippen molar-refractivity contribution in [3.05, 3.63) is 82.3 Å². The maximum Gasteiger partial charge on any atom is 0.243 e. The molecule has 0 unspecified atom stereocenters. The van der Waals surface area contributed by atoms with E-state index in [0.29, 0.717) is 32.8 Å². The number of nitrogens with zero attached hydrogens (tertiary/aromatic N) is 1. The van der Waals surface area contributed by atoms with Crippen LogP contribution < -0.4 is 14.8 Å². The minimum atomic E-state index is -4.03. The van der Waals surface area contributed by atoms with E-state index >= 15 is 0 Å². The number of rotatable bonds is 9. The molecule has 0 radical (unpaired) electrons. The van der Waals surface area contributed by atoms with E-state index in [9.17, 15) is 13.2 Å². The molecule has 3 aromatic rings. The third-order valence-electron chi connectivity index (χ3n) is 4.74. The van der Waals surface area contributed by atoms with Crippen LogP contribution in [0.25, 0.3) is 0 Å². The lowest BCUT2D eigenvalue weighted by molar-refractivity contribution is -0.116. The first-order valence-corrected chi connectivity index (χ1v) is 11.9. The Bertz CT molecular complexity index is 1230. The maximum atomic E-state index is 13.4. The summed E-state index contributed by atoms with van der Waals surface area (Å²) in [4.78, 5) is 12.9.